The van der Waals surface area contributed by atoms with Gasteiger partial charge in [0, 0.05) is 6.04 Å². The summed E-state index contributed by atoms with van der Waals surface area (Å²) in [5.74, 6) is -0.0788. The lowest BCUT2D eigenvalue weighted by molar-refractivity contribution is -0.156. The van der Waals surface area contributed by atoms with Crippen LogP contribution in [-0.2, 0) is 24.2 Å². The Balaban J connectivity index is 1.73. The summed E-state index contributed by atoms with van der Waals surface area (Å²) in [6.45, 7) is 3.51. The van der Waals surface area contributed by atoms with Crippen molar-refractivity contribution in [1.29, 1.82) is 0 Å². The van der Waals surface area contributed by atoms with Crippen molar-refractivity contribution >= 4 is 21.7 Å². The second-order valence-corrected chi connectivity index (χ2v) is 8.16. The number of rotatable bonds is 8. The van der Waals surface area contributed by atoms with Gasteiger partial charge < -0.3 is 19.5 Å². The molecule has 1 aromatic rings. The van der Waals surface area contributed by atoms with Crippen molar-refractivity contribution < 1.29 is 32.2 Å². The Morgan fingerprint density at radius 2 is 1.81 bits per heavy atom. The summed E-state index contributed by atoms with van der Waals surface area (Å²) in [6.07, 6.45) is -0.662. The number of amides is 1. The van der Waals surface area contributed by atoms with Crippen molar-refractivity contribution in [2.75, 3.05) is 24.7 Å². The molecule has 8 nitrogen and oxygen atoms in total. The third kappa shape index (κ3) is 6.21. The van der Waals surface area contributed by atoms with Crippen LogP contribution >= 0.6 is 0 Å². The van der Waals surface area contributed by atoms with Crippen LogP contribution in [-0.4, -0.2) is 57.2 Å². The molecule has 0 aromatic heterocycles. The van der Waals surface area contributed by atoms with E-state index in [0.29, 0.717) is 24.5 Å². The standard InChI is InChI=1S/C17H23NO7S/c1-3-23-14-4-6-15(7-5-14)24-10-16(19)25-12(2)17(20)18-13-8-9-26(21,22)11-13/h4-7,12-13H,3,8-11H2,1-2H3,(H,18,20)/t12-,13+/m1/s1. The Hall–Kier alpha value is -2.29. The van der Waals surface area contributed by atoms with E-state index in [4.69, 9.17) is 14.2 Å². The molecule has 1 saturated heterocycles. The molecule has 0 radical (unpaired) electrons. The third-order valence-corrected chi connectivity index (χ3v) is 5.52. The summed E-state index contributed by atoms with van der Waals surface area (Å²) < 4.78 is 38.4. The van der Waals surface area contributed by atoms with Gasteiger partial charge in [-0.2, -0.15) is 0 Å². The molecule has 1 aliphatic rings. The highest BCUT2D eigenvalue weighted by molar-refractivity contribution is 7.91. The first-order chi connectivity index (χ1) is 12.3. The van der Waals surface area contributed by atoms with E-state index >= 15 is 0 Å². The first-order valence-electron chi connectivity index (χ1n) is 8.35. The average molecular weight is 385 g/mol. The van der Waals surface area contributed by atoms with E-state index < -0.39 is 33.9 Å². The monoisotopic (exact) mass is 385 g/mol. The van der Waals surface area contributed by atoms with Crippen molar-refractivity contribution in [2.45, 2.75) is 32.4 Å². The van der Waals surface area contributed by atoms with Gasteiger partial charge in [0.1, 0.15) is 11.5 Å². The van der Waals surface area contributed by atoms with E-state index in [-0.39, 0.29) is 18.1 Å². The Kier molecular flexibility index (Phi) is 6.84. The summed E-state index contributed by atoms with van der Waals surface area (Å²) in [5, 5.41) is 2.58. The number of nitrogens with one attached hydrogen (secondary N) is 1. The highest BCUT2D eigenvalue weighted by atomic mass is 32.2. The third-order valence-electron chi connectivity index (χ3n) is 3.75. The molecule has 0 aliphatic carbocycles. The van der Waals surface area contributed by atoms with Crippen LogP contribution in [0.5, 0.6) is 11.5 Å². The van der Waals surface area contributed by atoms with Gasteiger partial charge in [-0.1, -0.05) is 0 Å². The SMILES string of the molecule is CCOc1ccc(OCC(=O)O[C@H](C)C(=O)N[C@H]2CCS(=O)(=O)C2)cc1. The molecule has 1 amide bonds. The van der Waals surface area contributed by atoms with E-state index in [1.165, 1.54) is 6.92 Å². The van der Waals surface area contributed by atoms with Gasteiger partial charge in [-0.25, -0.2) is 13.2 Å². The summed E-state index contributed by atoms with van der Waals surface area (Å²) in [4.78, 5) is 23.8. The second kappa shape index (κ2) is 8.88. The molecule has 0 saturated carbocycles. The maximum absolute atomic E-state index is 12.0. The van der Waals surface area contributed by atoms with E-state index in [9.17, 15) is 18.0 Å². The normalized spacial score (nSPS) is 19.4. The second-order valence-electron chi connectivity index (χ2n) is 5.93. The Labute approximate surface area is 152 Å². The van der Waals surface area contributed by atoms with Gasteiger partial charge in [-0.05, 0) is 44.5 Å². The number of ether oxygens (including phenoxy) is 3. The van der Waals surface area contributed by atoms with Crippen LogP contribution in [0.1, 0.15) is 20.3 Å². The maximum Gasteiger partial charge on any atom is 0.344 e. The molecule has 0 spiro atoms. The minimum absolute atomic E-state index is 0.0576. The van der Waals surface area contributed by atoms with Gasteiger partial charge in [0.15, 0.2) is 22.5 Å². The predicted octanol–water partition coefficient (Wildman–Crippen LogP) is 0.699. The van der Waals surface area contributed by atoms with Gasteiger partial charge in [0.05, 0.1) is 18.1 Å². The molecule has 2 atom stereocenters. The summed E-state index contributed by atoms with van der Waals surface area (Å²) >= 11 is 0. The number of esters is 1. The molecule has 144 valence electrons. The number of hydrogen-bond acceptors (Lipinski definition) is 7. The topological polar surface area (TPSA) is 108 Å². The van der Waals surface area contributed by atoms with Gasteiger partial charge in [0.25, 0.3) is 5.91 Å². The smallest absolute Gasteiger partial charge is 0.344 e. The van der Waals surface area contributed by atoms with E-state index in [1.807, 2.05) is 6.92 Å². The molecular weight excluding hydrogens is 362 g/mol. The maximum atomic E-state index is 12.0. The van der Waals surface area contributed by atoms with Crippen LogP contribution in [0, 0.1) is 0 Å². The van der Waals surface area contributed by atoms with Crippen LogP contribution in [0.15, 0.2) is 24.3 Å². The fourth-order valence-electron chi connectivity index (χ4n) is 2.45. The molecule has 1 N–H and O–H groups in total. The van der Waals surface area contributed by atoms with Crippen molar-refractivity contribution in [3.05, 3.63) is 24.3 Å². The molecule has 0 unspecified atom stereocenters. The van der Waals surface area contributed by atoms with Gasteiger partial charge in [-0.15, -0.1) is 0 Å². The quantitative estimate of drug-likeness (QED) is 0.656. The zero-order valence-electron chi connectivity index (χ0n) is 14.8. The average Bonchev–Trinajstić information content (AvgIpc) is 2.93. The van der Waals surface area contributed by atoms with E-state index in [2.05, 4.69) is 5.32 Å². The van der Waals surface area contributed by atoms with Crippen molar-refractivity contribution in [2.24, 2.45) is 0 Å². The van der Waals surface area contributed by atoms with Crippen LogP contribution in [0.3, 0.4) is 0 Å². The molecule has 9 heteroatoms. The van der Waals surface area contributed by atoms with Crippen molar-refractivity contribution in [3.63, 3.8) is 0 Å². The number of sulfone groups is 1. The molecule has 0 bridgehead atoms. The lowest BCUT2D eigenvalue weighted by atomic mass is 10.2. The van der Waals surface area contributed by atoms with Gasteiger partial charge in [0.2, 0.25) is 0 Å². The van der Waals surface area contributed by atoms with Crippen LogP contribution in [0.2, 0.25) is 0 Å². The van der Waals surface area contributed by atoms with Crippen LogP contribution in [0.25, 0.3) is 0 Å². The number of benzene rings is 1. The van der Waals surface area contributed by atoms with Gasteiger partial charge >= 0.3 is 5.97 Å². The Bertz CT molecular complexity index is 730. The zero-order chi connectivity index (χ0) is 19.2. The molecule has 1 fully saturated rings. The lowest BCUT2D eigenvalue weighted by Gasteiger charge is -2.16. The van der Waals surface area contributed by atoms with Gasteiger partial charge in [-0.3, -0.25) is 4.79 Å². The van der Waals surface area contributed by atoms with Crippen molar-refractivity contribution in [3.8, 4) is 11.5 Å². The van der Waals surface area contributed by atoms with E-state index in [0.717, 1.165) is 0 Å². The number of hydrogen-bond donors (Lipinski definition) is 1. The molecule has 1 aliphatic heterocycles. The molecule has 2 rings (SSSR count). The molecular formula is C17H23NO7S. The molecule has 1 heterocycles. The van der Waals surface area contributed by atoms with Crippen LogP contribution < -0.4 is 14.8 Å². The molecule has 1 aromatic carbocycles. The Morgan fingerprint density at radius 1 is 1.19 bits per heavy atom. The largest absolute Gasteiger partial charge is 0.494 e. The fourth-order valence-corrected chi connectivity index (χ4v) is 4.13. The zero-order valence-corrected chi connectivity index (χ0v) is 15.6. The summed E-state index contributed by atoms with van der Waals surface area (Å²) in [7, 11) is -3.09. The predicted molar refractivity (Wildman–Crippen MR) is 93.9 cm³/mol. The Morgan fingerprint density at radius 3 is 2.35 bits per heavy atom. The highest BCUT2D eigenvalue weighted by Gasteiger charge is 2.30. The first-order valence-corrected chi connectivity index (χ1v) is 10.2. The molecule has 26 heavy (non-hydrogen) atoms. The minimum atomic E-state index is -3.09. The number of carbonyl (C=O) groups excluding carboxylic acids is 2. The fraction of sp³-hybridized carbons (Fsp3) is 0.529. The summed E-state index contributed by atoms with van der Waals surface area (Å²) in [6, 6.07) is 6.32. The van der Waals surface area contributed by atoms with E-state index in [1.54, 1.807) is 24.3 Å². The summed E-state index contributed by atoms with van der Waals surface area (Å²) in [5.41, 5.74) is 0. The minimum Gasteiger partial charge on any atom is -0.494 e. The first kappa shape index (κ1) is 20.0. The lowest BCUT2D eigenvalue weighted by Crippen LogP contribution is -2.43. The van der Waals surface area contributed by atoms with Crippen LogP contribution in [0.4, 0.5) is 0 Å². The van der Waals surface area contributed by atoms with Crippen molar-refractivity contribution in [1.82, 2.24) is 5.32 Å². The highest BCUT2D eigenvalue weighted by Crippen LogP contribution is 2.17. The number of carbonyl (C=O) groups is 2.